The van der Waals surface area contributed by atoms with Crippen molar-refractivity contribution in [1.29, 1.82) is 0 Å². The van der Waals surface area contributed by atoms with Gasteiger partial charge in [-0.2, -0.15) is 0 Å². The van der Waals surface area contributed by atoms with Crippen molar-refractivity contribution < 1.29 is 9.53 Å². The van der Waals surface area contributed by atoms with Crippen molar-refractivity contribution in [3.8, 4) is 5.75 Å². The van der Waals surface area contributed by atoms with Crippen molar-refractivity contribution in [2.24, 2.45) is 0 Å². The van der Waals surface area contributed by atoms with Gasteiger partial charge in [0.15, 0.2) is 5.16 Å². The number of carbonyl (C=O) groups is 1. The molecular formula is C18H19N3O2S. The van der Waals surface area contributed by atoms with Crippen LogP contribution in [0, 0.1) is 6.92 Å². The lowest BCUT2D eigenvalue weighted by Gasteiger charge is -2.14. The van der Waals surface area contributed by atoms with E-state index < -0.39 is 0 Å². The number of rotatable bonds is 5. The molecule has 124 valence electrons. The van der Waals surface area contributed by atoms with Gasteiger partial charge < -0.3 is 10.1 Å². The Kier molecular flexibility index (Phi) is 4.76. The third kappa shape index (κ3) is 3.38. The largest absolute Gasteiger partial charge is 0.495 e. The first-order valence-electron chi connectivity index (χ1n) is 7.62. The van der Waals surface area contributed by atoms with Crippen molar-refractivity contribution >= 4 is 28.9 Å². The number of nitrogens with zero attached hydrogens (tertiary/aromatic N) is 2. The lowest BCUT2D eigenvalue weighted by atomic mass is 10.2. The van der Waals surface area contributed by atoms with E-state index in [1.54, 1.807) is 13.3 Å². The molecule has 0 fully saturated rings. The average Bonchev–Trinajstić information content (AvgIpc) is 2.98. The number of hydrogen-bond donors (Lipinski definition) is 1. The van der Waals surface area contributed by atoms with E-state index in [2.05, 4.69) is 10.3 Å². The van der Waals surface area contributed by atoms with Crippen LogP contribution in [0.15, 0.2) is 53.9 Å². The predicted molar refractivity (Wildman–Crippen MR) is 96.9 cm³/mol. The first-order valence-corrected chi connectivity index (χ1v) is 8.50. The number of aryl methyl sites for hydroxylation is 1. The molecule has 3 rings (SSSR count). The molecule has 2 heterocycles. The molecule has 1 aromatic carbocycles. The summed E-state index contributed by atoms with van der Waals surface area (Å²) >= 11 is 1.42. The molecule has 6 heteroatoms. The number of amides is 1. The summed E-state index contributed by atoms with van der Waals surface area (Å²) in [6.45, 7) is 3.84. The standard InChI is InChI=1S/C18H19N3O2S/c1-12-7-8-16(23-3)15(10-12)20-17(22)13(2)24-18-19-11-14-6-4-5-9-21(14)18/h4-11,13H,1-3H3,(H,20,22). The van der Waals surface area contributed by atoms with Gasteiger partial charge in [-0.25, -0.2) is 4.98 Å². The lowest BCUT2D eigenvalue weighted by molar-refractivity contribution is -0.115. The normalized spacial score (nSPS) is 12.1. The highest BCUT2D eigenvalue weighted by atomic mass is 32.2. The minimum Gasteiger partial charge on any atom is -0.495 e. The summed E-state index contributed by atoms with van der Waals surface area (Å²) in [5, 5.41) is 3.45. The zero-order valence-electron chi connectivity index (χ0n) is 13.8. The van der Waals surface area contributed by atoms with Gasteiger partial charge in [-0.1, -0.05) is 23.9 Å². The van der Waals surface area contributed by atoms with E-state index in [0.717, 1.165) is 16.2 Å². The maximum absolute atomic E-state index is 12.5. The zero-order valence-corrected chi connectivity index (χ0v) is 14.6. The van der Waals surface area contributed by atoms with Crippen LogP contribution in [0.25, 0.3) is 5.52 Å². The SMILES string of the molecule is COc1ccc(C)cc1NC(=O)C(C)Sc1ncc2ccccn12. The van der Waals surface area contributed by atoms with E-state index in [0.29, 0.717) is 11.4 Å². The Hall–Kier alpha value is -2.47. The van der Waals surface area contributed by atoms with Gasteiger partial charge in [-0.05, 0) is 43.7 Å². The van der Waals surface area contributed by atoms with E-state index >= 15 is 0 Å². The van der Waals surface area contributed by atoms with Gasteiger partial charge in [-0.15, -0.1) is 0 Å². The Bertz CT molecular complexity index is 876. The third-order valence-electron chi connectivity index (χ3n) is 3.67. The molecule has 2 aromatic heterocycles. The number of fused-ring (bicyclic) bond motifs is 1. The molecular weight excluding hydrogens is 322 g/mol. The summed E-state index contributed by atoms with van der Waals surface area (Å²) < 4.78 is 7.28. The molecule has 3 aromatic rings. The Labute approximate surface area is 145 Å². The van der Waals surface area contributed by atoms with Crippen LogP contribution in [0.3, 0.4) is 0 Å². The molecule has 0 bridgehead atoms. The second-order valence-corrected chi connectivity index (χ2v) is 6.80. The number of aromatic nitrogens is 2. The molecule has 24 heavy (non-hydrogen) atoms. The van der Waals surface area contributed by atoms with Crippen LogP contribution < -0.4 is 10.1 Å². The Morgan fingerprint density at radius 2 is 2.17 bits per heavy atom. The first kappa shape index (κ1) is 16.4. The van der Waals surface area contributed by atoms with Crippen LogP contribution >= 0.6 is 11.8 Å². The fourth-order valence-electron chi connectivity index (χ4n) is 2.37. The molecule has 1 N–H and O–H groups in total. The number of thioether (sulfide) groups is 1. The maximum Gasteiger partial charge on any atom is 0.237 e. The fourth-order valence-corrected chi connectivity index (χ4v) is 3.25. The van der Waals surface area contributed by atoms with Crippen molar-refractivity contribution in [3.05, 3.63) is 54.4 Å². The van der Waals surface area contributed by atoms with Crippen LogP contribution in [-0.4, -0.2) is 27.7 Å². The number of imidazole rings is 1. The van der Waals surface area contributed by atoms with E-state index in [9.17, 15) is 4.79 Å². The number of benzene rings is 1. The summed E-state index contributed by atoms with van der Waals surface area (Å²) in [5.74, 6) is 0.564. The zero-order chi connectivity index (χ0) is 17.1. The van der Waals surface area contributed by atoms with Crippen molar-refractivity contribution in [2.75, 3.05) is 12.4 Å². The van der Waals surface area contributed by atoms with Crippen LogP contribution in [0.2, 0.25) is 0 Å². The average molecular weight is 341 g/mol. The smallest absolute Gasteiger partial charge is 0.237 e. The molecule has 0 aliphatic heterocycles. The molecule has 1 atom stereocenters. The highest BCUT2D eigenvalue weighted by molar-refractivity contribution is 8.00. The molecule has 1 amide bonds. The summed E-state index contributed by atoms with van der Waals surface area (Å²) in [4.78, 5) is 16.9. The summed E-state index contributed by atoms with van der Waals surface area (Å²) in [6, 6.07) is 11.6. The van der Waals surface area contributed by atoms with E-state index in [-0.39, 0.29) is 11.2 Å². The van der Waals surface area contributed by atoms with Crippen LogP contribution in [-0.2, 0) is 4.79 Å². The van der Waals surface area contributed by atoms with Crippen molar-refractivity contribution in [1.82, 2.24) is 9.38 Å². The van der Waals surface area contributed by atoms with Gasteiger partial charge in [0.1, 0.15) is 5.75 Å². The predicted octanol–water partition coefficient (Wildman–Crippen LogP) is 3.77. The molecule has 1 unspecified atom stereocenters. The van der Waals surface area contributed by atoms with Gasteiger partial charge in [-0.3, -0.25) is 9.20 Å². The quantitative estimate of drug-likeness (QED) is 0.718. The minimum absolute atomic E-state index is 0.0865. The molecule has 0 radical (unpaired) electrons. The van der Waals surface area contributed by atoms with E-state index in [1.165, 1.54) is 11.8 Å². The number of anilines is 1. The van der Waals surface area contributed by atoms with Gasteiger partial charge in [0.2, 0.25) is 5.91 Å². The van der Waals surface area contributed by atoms with Crippen LogP contribution in [0.1, 0.15) is 12.5 Å². The van der Waals surface area contributed by atoms with Crippen molar-refractivity contribution in [3.63, 3.8) is 0 Å². The number of methoxy groups -OCH3 is 1. The molecule has 0 saturated carbocycles. The Balaban J connectivity index is 1.74. The van der Waals surface area contributed by atoms with Gasteiger partial charge in [0.05, 0.1) is 29.8 Å². The van der Waals surface area contributed by atoms with Crippen LogP contribution in [0.4, 0.5) is 5.69 Å². The highest BCUT2D eigenvalue weighted by Gasteiger charge is 2.18. The maximum atomic E-state index is 12.5. The molecule has 0 spiro atoms. The monoisotopic (exact) mass is 341 g/mol. The molecule has 0 saturated heterocycles. The molecule has 5 nitrogen and oxygen atoms in total. The summed E-state index contributed by atoms with van der Waals surface area (Å²) in [7, 11) is 1.59. The topological polar surface area (TPSA) is 55.6 Å². The number of ether oxygens (including phenoxy) is 1. The minimum atomic E-state index is -0.291. The van der Waals surface area contributed by atoms with Gasteiger partial charge in [0, 0.05) is 6.20 Å². The number of nitrogens with one attached hydrogen (secondary N) is 1. The van der Waals surface area contributed by atoms with Crippen LogP contribution in [0.5, 0.6) is 5.75 Å². The summed E-state index contributed by atoms with van der Waals surface area (Å²) in [5.41, 5.74) is 2.75. The third-order valence-corrected chi connectivity index (χ3v) is 4.75. The van der Waals surface area contributed by atoms with E-state index in [4.69, 9.17) is 4.74 Å². The number of carbonyl (C=O) groups excluding carboxylic acids is 1. The van der Waals surface area contributed by atoms with Gasteiger partial charge >= 0.3 is 0 Å². The lowest BCUT2D eigenvalue weighted by Crippen LogP contribution is -2.23. The molecule has 0 aliphatic rings. The van der Waals surface area contributed by atoms with Crippen molar-refractivity contribution in [2.45, 2.75) is 24.3 Å². The first-order chi connectivity index (χ1) is 11.6. The van der Waals surface area contributed by atoms with E-state index in [1.807, 2.05) is 60.8 Å². The Morgan fingerprint density at radius 3 is 2.96 bits per heavy atom. The Morgan fingerprint density at radius 1 is 1.33 bits per heavy atom. The second kappa shape index (κ2) is 6.97. The van der Waals surface area contributed by atoms with Gasteiger partial charge in [0.25, 0.3) is 0 Å². The highest BCUT2D eigenvalue weighted by Crippen LogP contribution is 2.28. The fraction of sp³-hybridized carbons (Fsp3) is 0.222. The summed E-state index contributed by atoms with van der Waals surface area (Å²) in [6.07, 6.45) is 3.75. The number of pyridine rings is 1. The number of hydrogen-bond acceptors (Lipinski definition) is 4. The molecule has 0 aliphatic carbocycles. The second-order valence-electron chi connectivity index (χ2n) is 5.49.